The molecule has 1 aromatic carbocycles. The number of nitrogens with zero attached hydrogens (tertiary/aromatic N) is 2. The summed E-state index contributed by atoms with van der Waals surface area (Å²) in [6.45, 7) is 2.11. The molecule has 0 bridgehead atoms. The molecule has 0 aliphatic carbocycles. The molecule has 0 saturated heterocycles. The minimum Gasteiger partial charge on any atom is -0.504 e. The summed E-state index contributed by atoms with van der Waals surface area (Å²) in [5.41, 5.74) is 2.77. The topological polar surface area (TPSA) is 83.8 Å². The smallest absolute Gasteiger partial charge is 0.272 e. The standard InChI is InChI=1S/C15H12BrCl2N3O3/c1-2-24-12-4-11(17)13(18)10(14(12)22)7-20-21-15(23)8-3-9(16)6-19-5-8/h3-7,22H,2H2,1H3,(H,21,23)/b20-7+. The van der Waals surface area contributed by atoms with Gasteiger partial charge in [0.05, 0.1) is 34.0 Å². The van der Waals surface area contributed by atoms with E-state index in [4.69, 9.17) is 27.9 Å². The van der Waals surface area contributed by atoms with Gasteiger partial charge in [-0.05, 0) is 28.9 Å². The highest BCUT2D eigenvalue weighted by Gasteiger charge is 2.15. The van der Waals surface area contributed by atoms with E-state index in [1.54, 1.807) is 19.2 Å². The van der Waals surface area contributed by atoms with Crippen molar-refractivity contribution in [1.82, 2.24) is 10.4 Å². The van der Waals surface area contributed by atoms with Gasteiger partial charge in [-0.25, -0.2) is 5.43 Å². The molecule has 1 aromatic heterocycles. The number of aromatic nitrogens is 1. The summed E-state index contributed by atoms with van der Waals surface area (Å²) in [7, 11) is 0. The lowest BCUT2D eigenvalue weighted by molar-refractivity contribution is 0.0954. The number of benzene rings is 1. The van der Waals surface area contributed by atoms with Crippen molar-refractivity contribution in [3.8, 4) is 11.5 Å². The van der Waals surface area contributed by atoms with Crippen LogP contribution < -0.4 is 10.2 Å². The monoisotopic (exact) mass is 431 g/mol. The van der Waals surface area contributed by atoms with Crippen LogP contribution in [0.25, 0.3) is 0 Å². The van der Waals surface area contributed by atoms with Crippen molar-refractivity contribution < 1.29 is 14.6 Å². The molecule has 2 aromatic rings. The molecule has 0 saturated carbocycles. The summed E-state index contributed by atoms with van der Waals surface area (Å²) in [5.74, 6) is -0.507. The number of carbonyl (C=O) groups excluding carboxylic acids is 1. The van der Waals surface area contributed by atoms with Gasteiger partial charge in [-0.2, -0.15) is 5.10 Å². The van der Waals surface area contributed by atoms with Gasteiger partial charge < -0.3 is 9.84 Å². The highest BCUT2D eigenvalue weighted by molar-refractivity contribution is 9.10. The molecule has 0 fully saturated rings. The predicted octanol–water partition coefficient (Wildman–Crippen LogP) is 4.02. The van der Waals surface area contributed by atoms with Crippen LogP contribution in [0.2, 0.25) is 10.0 Å². The number of hydrogen-bond acceptors (Lipinski definition) is 5. The van der Waals surface area contributed by atoms with E-state index in [-0.39, 0.29) is 27.1 Å². The van der Waals surface area contributed by atoms with Crippen molar-refractivity contribution in [3.05, 3.63) is 50.2 Å². The number of halogens is 3. The van der Waals surface area contributed by atoms with Crippen molar-refractivity contribution in [3.63, 3.8) is 0 Å². The Bertz CT molecular complexity index is 800. The zero-order chi connectivity index (χ0) is 17.7. The highest BCUT2D eigenvalue weighted by atomic mass is 79.9. The number of aromatic hydroxyl groups is 1. The normalized spacial score (nSPS) is 10.8. The third-order valence-corrected chi connectivity index (χ3v) is 4.05. The summed E-state index contributed by atoms with van der Waals surface area (Å²) in [6.07, 6.45) is 4.14. The van der Waals surface area contributed by atoms with Crippen LogP contribution in [0.4, 0.5) is 0 Å². The number of phenols is 1. The molecule has 0 atom stereocenters. The Morgan fingerprint density at radius 2 is 2.21 bits per heavy atom. The Labute approximate surface area is 156 Å². The van der Waals surface area contributed by atoms with Crippen molar-refractivity contribution in [2.24, 2.45) is 5.10 Å². The first kappa shape index (κ1) is 18.5. The molecule has 0 unspecified atom stereocenters. The van der Waals surface area contributed by atoms with Gasteiger partial charge in [-0.15, -0.1) is 0 Å². The van der Waals surface area contributed by atoms with E-state index >= 15 is 0 Å². The maximum absolute atomic E-state index is 12.0. The number of pyridine rings is 1. The van der Waals surface area contributed by atoms with E-state index in [1.807, 2.05) is 0 Å². The van der Waals surface area contributed by atoms with Gasteiger partial charge in [0.2, 0.25) is 0 Å². The number of ether oxygens (including phenoxy) is 1. The van der Waals surface area contributed by atoms with Crippen LogP contribution in [0.3, 0.4) is 0 Å². The number of amides is 1. The Balaban J connectivity index is 2.21. The molecule has 2 rings (SSSR count). The van der Waals surface area contributed by atoms with E-state index in [0.717, 1.165) is 0 Å². The van der Waals surface area contributed by atoms with Gasteiger partial charge in [0.15, 0.2) is 11.5 Å². The summed E-state index contributed by atoms with van der Waals surface area (Å²) < 4.78 is 5.93. The second-order valence-electron chi connectivity index (χ2n) is 4.46. The number of phenolic OH excluding ortho intramolecular Hbond substituents is 1. The lowest BCUT2D eigenvalue weighted by atomic mass is 10.2. The van der Waals surface area contributed by atoms with E-state index in [9.17, 15) is 9.90 Å². The van der Waals surface area contributed by atoms with Crippen molar-refractivity contribution in [2.75, 3.05) is 6.61 Å². The van der Waals surface area contributed by atoms with Crippen LogP contribution in [-0.2, 0) is 0 Å². The van der Waals surface area contributed by atoms with Crippen molar-refractivity contribution in [2.45, 2.75) is 6.92 Å². The SMILES string of the molecule is CCOc1cc(Cl)c(Cl)c(/C=N/NC(=O)c2cncc(Br)c2)c1O. The molecule has 0 spiro atoms. The van der Waals surface area contributed by atoms with Crippen LogP contribution in [0.15, 0.2) is 34.1 Å². The van der Waals surface area contributed by atoms with Crippen LogP contribution >= 0.6 is 39.1 Å². The van der Waals surface area contributed by atoms with E-state index in [1.165, 1.54) is 18.5 Å². The summed E-state index contributed by atoms with van der Waals surface area (Å²) in [6, 6.07) is 3.00. The molecule has 0 aliphatic heterocycles. The second kappa shape index (κ2) is 8.32. The van der Waals surface area contributed by atoms with Crippen LogP contribution in [-0.4, -0.2) is 28.8 Å². The Hall–Kier alpha value is -1.83. The minimum atomic E-state index is -0.470. The fourth-order valence-corrected chi connectivity index (χ4v) is 2.51. The van der Waals surface area contributed by atoms with Gasteiger partial charge >= 0.3 is 0 Å². The fourth-order valence-electron chi connectivity index (χ4n) is 1.75. The molecule has 24 heavy (non-hydrogen) atoms. The average molecular weight is 433 g/mol. The molecule has 1 amide bonds. The average Bonchev–Trinajstić information content (AvgIpc) is 2.55. The first-order chi connectivity index (χ1) is 11.4. The maximum atomic E-state index is 12.0. The van der Waals surface area contributed by atoms with E-state index in [0.29, 0.717) is 16.6 Å². The fraction of sp³-hybridized carbons (Fsp3) is 0.133. The molecule has 0 radical (unpaired) electrons. The molecule has 126 valence electrons. The number of rotatable bonds is 5. The Morgan fingerprint density at radius 3 is 2.88 bits per heavy atom. The lowest BCUT2D eigenvalue weighted by Gasteiger charge is -2.10. The molecule has 0 aliphatic rings. The van der Waals surface area contributed by atoms with Crippen LogP contribution in [0, 0.1) is 0 Å². The van der Waals surface area contributed by atoms with Gasteiger partial charge in [-0.3, -0.25) is 9.78 Å². The number of hydrazone groups is 1. The van der Waals surface area contributed by atoms with Crippen LogP contribution in [0.1, 0.15) is 22.8 Å². The molecule has 2 N–H and O–H groups in total. The third-order valence-electron chi connectivity index (χ3n) is 2.82. The van der Waals surface area contributed by atoms with Gasteiger partial charge in [0.25, 0.3) is 5.91 Å². The largest absolute Gasteiger partial charge is 0.504 e. The Kier molecular flexibility index (Phi) is 6.42. The minimum absolute atomic E-state index is 0.0970. The lowest BCUT2D eigenvalue weighted by Crippen LogP contribution is -2.17. The molecular formula is C15H12BrCl2N3O3. The first-order valence-corrected chi connectivity index (χ1v) is 8.26. The maximum Gasteiger partial charge on any atom is 0.272 e. The predicted molar refractivity (Wildman–Crippen MR) is 96.3 cm³/mol. The van der Waals surface area contributed by atoms with Crippen molar-refractivity contribution >= 4 is 51.3 Å². The van der Waals surface area contributed by atoms with Gasteiger partial charge in [-0.1, -0.05) is 23.2 Å². The second-order valence-corrected chi connectivity index (χ2v) is 6.16. The Morgan fingerprint density at radius 1 is 1.46 bits per heavy atom. The van der Waals surface area contributed by atoms with Crippen molar-refractivity contribution in [1.29, 1.82) is 0 Å². The molecule has 1 heterocycles. The zero-order valence-corrected chi connectivity index (χ0v) is 15.5. The van der Waals surface area contributed by atoms with Gasteiger partial charge in [0.1, 0.15) is 0 Å². The number of nitrogens with one attached hydrogen (secondary N) is 1. The zero-order valence-electron chi connectivity index (χ0n) is 12.4. The van der Waals surface area contributed by atoms with E-state index < -0.39 is 5.91 Å². The van der Waals surface area contributed by atoms with Gasteiger partial charge in [0, 0.05) is 22.9 Å². The summed E-state index contributed by atoms with van der Waals surface area (Å²) in [5, 5.41) is 14.2. The highest BCUT2D eigenvalue weighted by Crippen LogP contribution is 2.39. The first-order valence-electron chi connectivity index (χ1n) is 6.71. The third kappa shape index (κ3) is 4.37. The molecule has 6 nitrogen and oxygen atoms in total. The molecule has 9 heteroatoms. The number of hydrogen-bond donors (Lipinski definition) is 2. The van der Waals surface area contributed by atoms with E-state index in [2.05, 4.69) is 31.4 Å². The molecular weight excluding hydrogens is 421 g/mol. The quantitative estimate of drug-likeness (QED) is 0.552. The number of carbonyl (C=O) groups is 1. The summed E-state index contributed by atoms with van der Waals surface area (Å²) >= 11 is 15.3. The summed E-state index contributed by atoms with van der Waals surface area (Å²) in [4.78, 5) is 15.9. The van der Waals surface area contributed by atoms with Crippen LogP contribution in [0.5, 0.6) is 11.5 Å².